The number of benzene rings is 2. The molecule has 0 N–H and O–H groups in total. The Kier molecular flexibility index (Phi) is 5.23. The zero-order valence-corrected chi connectivity index (χ0v) is 20.3. The molecule has 182 valence electrons. The average Bonchev–Trinajstić information content (AvgIpc) is 2.90. The summed E-state index contributed by atoms with van der Waals surface area (Å²) in [6.07, 6.45) is 4.52. The fourth-order valence-corrected chi connectivity index (χ4v) is 6.10. The van der Waals surface area contributed by atoms with Crippen molar-refractivity contribution in [2.24, 2.45) is 11.8 Å². The summed E-state index contributed by atoms with van der Waals surface area (Å²) >= 11 is 0. The summed E-state index contributed by atoms with van der Waals surface area (Å²) in [6.45, 7) is 3.83. The third-order valence-electron chi connectivity index (χ3n) is 7.90. The van der Waals surface area contributed by atoms with E-state index in [9.17, 15) is 14.4 Å². The second kappa shape index (κ2) is 8.38. The van der Waals surface area contributed by atoms with Crippen molar-refractivity contribution in [3.8, 4) is 28.7 Å². The number of halogens is 2. The SMILES string of the molecule is C[C@H]1C(=O)C(C#N)=C[C@@]2(C)c3nc(-c4cc(F)cc5ncccc45)nc(-c4ccccc4F)c3CC[C@H]12. The Labute approximate surface area is 212 Å². The van der Waals surface area contributed by atoms with E-state index in [1.54, 1.807) is 36.5 Å². The van der Waals surface area contributed by atoms with Crippen molar-refractivity contribution < 1.29 is 13.6 Å². The van der Waals surface area contributed by atoms with Gasteiger partial charge in [0.2, 0.25) is 0 Å². The normalized spacial score (nSPS) is 22.7. The number of carbonyl (C=O) groups is 1. The molecular weight excluding hydrogens is 470 g/mol. The fourth-order valence-electron chi connectivity index (χ4n) is 6.10. The number of aromatic nitrogens is 3. The van der Waals surface area contributed by atoms with Gasteiger partial charge >= 0.3 is 0 Å². The van der Waals surface area contributed by atoms with Crippen molar-refractivity contribution in [3.05, 3.63) is 89.3 Å². The van der Waals surface area contributed by atoms with Gasteiger partial charge in [0.25, 0.3) is 0 Å². The second-order valence-corrected chi connectivity index (χ2v) is 9.98. The van der Waals surface area contributed by atoms with Crippen molar-refractivity contribution >= 4 is 16.7 Å². The summed E-state index contributed by atoms with van der Waals surface area (Å²) in [5, 5.41) is 10.4. The zero-order chi connectivity index (χ0) is 25.9. The number of Topliss-reactive ketones (excluding diaryl/α,β-unsaturated/α-hetero) is 1. The third kappa shape index (κ3) is 3.47. The number of allylic oxidation sites excluding steroid dienone is 2. The lowest BCUT2D eigenvalue weighted by molar-refractivity contribution is -0.121. The van der Waals surface area contributed by atoms with Crippen LogP contribution in [0.1, 0.15) is 31.5 Å². The van der Waals surface area contributed by atoms with Crippen LogP contribution in [0.15, 0.2) is 66.4 Å². The number of pyridine rings is 1. The number of hydrogen-bond acceptors (Lipinski definition) is 5. The van der Waals surface area contributed by atoms with Crippen LogP contribution in [0.2, 0.25) is 0 Å². The van der Waals surface area contributed by atoms with Gasteiger partial charge in [-0.3, -0.25) is 9.78 Å². The molecular formula is C30H22F2N4O. The molecule has 6 rings (SSSR count). The number of nitrogens with zero attached hydrogens (tertiary/aromatic N) is 4. The number of ketones is 1. The molecule has 0 unspecified atom stereocenters. The smallest absolute Gasteiger partial charge is 0.176 e. The lowest BCUT2D eigenvalue weighted by Crippen LogP contribution is -2.46. The average molecular weight is 493 g/mol. The van der Waals surface area contributed by atoms with Crippen LogP contribution in [0.4, 0.5) is 8.78 Å². The third-order valence-corrected chi connectivity index (χ3v) is 7.90. The quantitative estimate of drug-likeness (QED) is 0.337. The van der Waals surface area contributed by atoms with Gasteiger partial charge in [-0.2, -0.15) is 5.26 Å². The van der Waals surface area contributed by atoms with E-state index in [-0.39, 0.29) is 29.0 Å². The Bertz CT molecular complexity index is 1690. The molecule has 0 aliphatic heterocycles. The summed E-state index contributed by atoms with van der Waals surface area (Å²) < 4.78 is 29.8. The van der Waals surface area contributed by atoms with Crippen molar-refractivity contribution in [2.75, 3.05) is 0 Å². The van der Waals surface area contributed by atoms with Gasteiger partial charge in [0, 0.05) is 45.7 Å². The van der Waals surface area contributed by atoms with Gasteiger partial charge in [-0.15, -0.1) is 0 Å². The first-order valence-electron chi connectivity index (χ1n) is 12.2. The predicted octanol–water partition coefficient (Wildman–Crippen LogP) is 6.13. The van der Waals surface area contributed by atoms with Gasteiger partial charge < -0.3 is 0 Å². The summed E-state index contributed by atoms with van der Waals surface area (Å²) in [5.74, 6) is -1.29. The molecule has 0 saturated heterocycles. The van der Waals surface area contributed by atoms with Gasteiger partial charge in [-0.1, -0.05) is 38.1 Å². The van der Waals surface area contributed by atoms with E-state index in [1.165, 1.54) is 18.2 Å². The molecule has 4 aromatic rings. The number of carbonyl (C=O) groups excluding carboxylic acids is 1. The maximum atomic E-state index is 15.1. The fraction of sp³-hybridized carbons (Fsp3) is 0.233. The molecule has 2 aliphatic rings. The monoisotopic (exact) mass is 492 g/mol. The Balaban J connectivity index is 1.71. The van der Waals surface area contributed by atoms with E-state index in [4.69, 9.17) is 9.97 Å². The molecule has 37 heavy (non-hydrogen) atoms. The van der Waals surface area contributed by atoms with Gasteiger partial charge in [-0.25, -0.2) is 18.7 Å². The van der Waals surface area contributed by atoms with Crippen LogP contribution in [0.25, 0.3) is 33.5 Å². The highest BCUT2D eigenvalue weighted by atomic mass is 19.1. The van der Waals surface area contributed by atoms with Crippen LogP contribution in [0.5, 0.6) is 0 Å². The molecule has 0 amide bonds. The van der Waals surface area contributed by atoms with Crippen molar-refractivity contribution in [2.45, 2.75) is 32.1 Å². The molecule has 2 heterocycles. The number of rotatable bonds is 2. The van der Waals surface area contributed by atoms with Crippen LogP contribution in [-0.4, -0.2) is 20.7 Å². The van der Waals surface area contributed by atoms with Crippen LogP contribution in [0, 0.1) is 34.8 Å². The largest absolute Gasteiger partial charge is 0.293 e. The lowest BCUT2D eigenvalue weighted by atomic mass is 9.57. The number of hydrogen-bond donors (Lipinski definition) is 0. The van der Waals surface area contributed by atoms with Crippen LogP contribution in [0.3, 0.4) is 0 Å². The molecule has 0 bridgehead atoms. The summed E-state index contributed by atoms with van der Waals surface area (Å²) in [6, 6.07) is 14.8. The van der Waals surface area contributed by atoms with Crippen LogP contribution in [-0.2, 0) is 16.6 Å². The van der Waals surface area contributed by atoms with E-state index in [0.29, 0.717) is 46.3 Å². The van der Waals surface area contributed by atoms with E-state index in [0.717, 1.165) is 5.56 Å². The minimum absolute atomic E-state index is 0.0910. The van der Waals surface area contributed by atoms with Crippen LogP contribution < -0.4 is 0 Å². The van der Waals surface area contributed by atoms with Crippen molar-refractivity contribution in [3.63, 3.8) is 0 Å². The van der Waals surface area contributed by atoms with E-state index in [1.807, 2.05) is 19.9 Å². The zero-order valence-electron chi connectivity index (χ0n) is 20.3. The summed E-state index contributed by atoms with van der Waals surface area (Å²) in [5.41, 5.74) is 2.43. The van der Waals surface area contributed by atoms with Crippen molar-refractivity contribution in [1.82, 2.24) is 15.0 Å². The number of nitriles is 1. The maximum Gasteiger partial charge on any atom is 0.176 e. The highest BCUT2D eigenvalue weighted by Gasteiger charge is 2.49. The Morgan fingerprint density at radius 2 is 1.89 bits per heavy atom. The number of fused-ring (bicyclic) bond motifs is 4. The molecule has 0 saturated carbocycles. The highest BCUT2D eigenvalue weighted by molar-refractivity contribution is 6.02. The Morgan fingerprint density at radius 3 is 2.68 bits per heavy atom. The van der Waals surface area contributed by atoms with Gasteiger partial charge in [0.05, 0.1) is 22.5 Å². The van der Waals surface area contributed by atoms with Crippen LogP contribution >= 0.6 is 0 Å². The Hall–Kier alpha value is -4.31. The summed E-state index contributed by atoms with van der Waals surface area (Å²) in [4.78, 5) is 26.9. The molecule has 2 aromatic heterocycles. The molecule has 5 nitrogen and oxygen atoms in total. The molecule has 0 radical (unpaired) electrons. The molecule has 7 heteroatoms. The molecule has 2 aromatic carbocycles. The van der Waals surface area contributed by atoms with E-state index in [2.05, 4.69) is 11.1 Å². The topological polar surface area (TPSA) is 79.5 Å². The van der Waals surface area contributed by atoms with Gasteiger partial charge in [0.1, 0.15) is 17.7 Å². The molecule has 0 fully saturated rings. The summed E-state index contributed by atoms with van der Waals surface area (Å²) in [7, 11) is 0. The van der Waals surface area contributed by atoms with E-state index >= 15 is 4.39 Å². The maximum absolute atomic E-state index is 15.1. The van der Waals surface area contributed by atoms with Crippen molar-refractivity contribution in [1.29, 1.82) is 5.26 Å². The molecule has 2 aliphatic carbocycles. The standard InChI is InChI=1S/C30H22F2N4O/c1-16-23-10-9-21-26(20-6-3-4-8-24(20)32)35-29(22-12-18(31)13-25-19(22)7-5-11-34-25)36-28(21)30(23,2)14-17(15-33)27(16)37/h3-8,11-14,16,23H,9-10H2,1-2H3/t16-,23-,30-/m1/s1. The van der Waals surface area contributed by atoms with Gasteiger partial charge in [-0.05, 0) is 43.0 Å². The molecule has 0 spiro atoms. The van der Waals surface area contributed by atoms with E-state index < -0.39 is 17.0 Å². The second-order valence-electron chi connectivity index (χ2n) is 9.98. The lowest BCUT2D eigenvalue weighted by Gasteiger charge is -2.45. The molecule has 3 atom stereocenters. The minimum atomic E-state index is -0.759. The first-order chi connectivity index (χ1) is 17.8. The first-order valence-corrected chi connectivity index (χ1v) is 12.2. The highest BCUT2D eigenvalue weighted by Crippen LogP contribution is 2.51. The first kappa shape index (κ1) is 23.1. The minimum Gasteiger partial charge on any atom is -0.293 e. The predicted molar refractivity (Wildman–Crippen MR) is 135 cm³/mol. The Morgan fingerprint density at radius 1 is 1.08 bits per heavy atom. The van der Waals surface area contributed by atoms with Gasteiger partial charge in [0.15, 0.2) is 11.6 Å².